The van der Waals surface area contributed by atoms with Gasteiger partial charge in [0.1, 0.15) is 11.4 Å². The van der Waals surface area contributed by atoms with Gasteiger partial charge in [-0.15, -0.1) is 0 Å². The van der Waals surface area contributed by atoms with Crippen LogP contribution in [0, 0.1) is 17.1 Å². The number of halogens is 1. The summed E-state index contributed by atoms with van der Waals surface area (Å²) >= 11 is 0. The lowest BCUT2D eigenvalue weighted by atomic mass is 9.88. The normalized spacial score (nSPS) is 19.2. The maximum atomic E-state index is 13.1. The third-order valence-corrected chi connectivity index (χ3v) is 3.58. The second kappa shape index (κ2) is 5.36. The number of nitriles is 1. The van der Waals surface area contributed by atoms with Gasteiger partial charge in [0.05, 0.1) is 6.07 Å². The van der Waals surface area contributed by atoms with Crippen molar-refractivity contribution in [2.24, 2.45) is 0 Å². The number of piperidine rings is 1. The van der Waals surface area contributed by atoms with E-state index in [1.807, 2.05) is 0 Å². The lowest BCUT2D eigenvalue weighted by Gasteiger charge is -2.37. The molecule has 1 N–H and O–H groups in total. The van der Waals surface area contributed by atoms with Gasteiger partial charge in [0.15, 0.2) is 0 Å². The molecular weight excluding hydrogens is 229 g/mol. The van der Waals surface area contributed by atoms with Crippen LogP contribution in [0.4, 0.5) is 10.1 Å². The summed E-state index contributed by atoms with van der Waals surface area (Å²) < 4.78 is 13.1. The second-order valence-corrected chi connectivity index (χ2v) is 4.76. The van der Waals surface area contributed by atoms with Crippen LogP contribution >= 0.6 is 0 Å². The SMILES string of the molecule is CCN1CCC(C#N)(Nc2cccc(F)c2)CC1. The first-order valence-electron chi connectivity index (χ1n) is 6.35. The second-order valence-electron chi connectivity index (χ2n) is 4.76. The van der Waals surface area contributed by atoms with Crippen molar-refractivity contribution in [3.05, 3.63) is 30.1 Å². The number of nitrogens with one attached hydrogen (secondary N) is 1. The van der Waals surface area contributed by atoms with Gasteiger partial charge in [-0.2, -0.15) is 5.26 Å². The molecule has 0 atom stereocenters. The summed E-state index contributed by atoms with van der Waals surface area (Å²) in [5, 5.41) is 12.6. The van der Waals surface area contributed by atoms with Crippen molar-refractivity contribution < 1.29 is 4.39 Å². The standard InChI is InChI=1S/C14H18FN3/c1-2-18-8-6-14(11-16,7-9-18)17-13-5-3-4-12(15)10-13/h3-5,10,17H,2,6-9H2,1H3. The molecule has 0 aromatic heterocycles. The number of anilines is 1. The molecule has 2 rings (SSSR count). The molecule has 1 aromatic rings. The molecular formula is C14H18FN3. The van der Waals surface area contributed by atoms with Crippen molar-refractivity contribution in [1.82, 2.24) is 4.90 Å². The predicted octanol–water partition coefficient (Wildman–Crippen LogP) is 2.62. The lowest BCUT2D eigenvalue weighted by molar-refractivity contribution is 0.206. The van der Waals surface area contributed by atoms with Crippen LogP contribution in [0.5, 0.6) is 0 Å². The van der Waals surface area contributed by atoms with E-state index in [-0.39, 0.29) is 5.82 Å². The number of hydrogen-bond acceptors (Lipinski definition) is 3. The molecule has 0 spiro atoms. The molecule has 3 nitrogen and oxygen atoms in total. The number of rotatable bonds is 3. The van der Waals surface area contributed by atoms with Crippen LogP contribution in [0.1, 0.15) is 19.8 Å². The Morgan fingerprint density at radius 2 is 2.17 bits per heavy atom. The summed E-state index contributed by atoms with van der Waals surface area (Å²) in [6.07, 6.45) is 1.54. The van der Waals surface area contributed by atoms with Gasteiger partial charge in [-0.1, -0.05) is 13.0 Å². The van der Waals surface area contributed by atoms with Gasteiger partial charge < -0.3 is 10.2 Å². The van der Waals surface area contributed by atoms with Crippen LogP contribution in [0.3, 0.4) is 0 Å². The largest absolute Gasteiger partial charge is 0.367 e. The van der Waals surface area contributed by atoms with Gasteiger partial charge in [0.2, 0.25) is 0 Å². The topological polar surface area (TPSA) is 39.1 Å². The van der Waals surface area contributed by atoms with E-state index >= 15 is 0 Å². The first-order chi connectivity index (χ1) is 8.67. The molecule has 0 bridgehead atoms. The molecule has 1 saturated heterocycles. The van der Waals surface area contributed by atoms with Gasteiger partial charge in [0.25, 0.3) is 0 Å². The Morgan fingerprint density at radius 3 is 2.72 bits per heavy atom. The Kier molecular flexibility index (Phi) is 3.83. The number of hydrogen-bond donors (Lipinski definition) is 1. The number of likely N-dealkylation sites (tertiary alicyclic amines) is 1. The quantitative estimate of drug-likeness (QED) is 0.892. The van der Waals surface area contributed by atoms with E-state index in [4.69, 9.17) is 0 Å². The summed E-state index contributed by atoms with van der Waals surface area (Å²) in [4.78, 5) is 2.32. The molecule has 0 radical (unpaired) electrons. The van der Waals surface area contributed by atoms with Crippen LogP contribution in [-0.2, 0) is 0 Å². The summed E-state index contributed by atoms with van der Waals surface area (Å²) in [6.45, 7) is 4.96. The molecule has 0 unspecified atom stereocenters. The van der Waals surface area contributed by atoms with E-state index in [1.54, 1.807) is 12.1 Å². The number of benzene rings is 1. The highest BCUT2D eigenvalue weighted by Crippen LogP contribution is 2.26. The summed E-state index contributed by atoms with van der Waals surface area (Å²) in [6, 6.07) is 8.67. The minimum atomic E-state index is -0.556. The number of nitrogens with zero attached hydrogens (tertiary/aromatic N) is 2. The Balaban J connectivity index is 2.08. The minimum absolute atomic E-state index is 0.279. The zero-order chi connectivity index (χ0) is 13.0. The molecule has 18 heavy (non-hydrogen) atoms. The van der Waals surface area contributed by atoms with Crippen LogP contribution in [-0.4, -0.2) is 30.1 Å². The van der Waals surface area contributed by atoms with Crippen LogP contribution in [0.2, 0.25) is 0 Å². The molecule has 0 saturated carbocycles. The van der Waals surface area contributed by atoms with Gasteiger partial charge in [0, 0.05) is 18.8 Å². The zero-order valence-corrected chi connectivity index (χ0v) is 10.6. The summed E-state index contributed by atoms with van der Waals surface area (Å²) in [7, 11) is 0. The maximum Gasteiger partial charge on any atom is 0.127 e. The molecule has 4 heteroatoms. The Hall–Kier alpha value is -1.60. The predicted molar refractivity (Wildman–Crippen MR) is 69.7 cm³/mol. The van der Waals surface area contributed by atoms with E-state index in [1.165, 1.54) is 12.1 Å². The van der Waals surface area contributed by atoms with Gasteiger partial charge in [-0.25, -0.2) is 4.39 Å². The highest BCUT2D eigenvalue weighted by Gasteiger charge is 2.34. The fourth-order valence-electron chi connectivity index (χ4n) is 2.36. The molecule has 1 heterocycles. The van der Waals surface area contributed by atoms with E-state index in [0.717, 1.165) is 32.5 Å². The molecule has 0 amide bonds. The minimum Gasteiger partial charge on any atom is -0.367 e. The van der Waals surface area contributed by atoms with Crippen molar-refractivity contribution in [2.75, 3.05) is 25.0 Å². The van der Waals surface area contributed by atoms with Gasteiger partial charge >= 0.3 is 0 Å². The van der Waals surface area contributed by atoms with Crippen molar-refractivity contribution in [3.8, 4) is 6.07 Å². The van der Waals surface area contributed by atoms with E-state index in [2.05, 4.69) is 23.2 Å². The van der Waals surface area contributed by atoms with E-state index in [0.29, 0.717) is 5.69 Å². The first kappa shape index (κ1) is 12.8. The Labute approximate surface area is 107 Å². The molecule has 96 valence electrons. The van der Waals surface area contributed by atoms with E-state index < -0.39 is 5.54 Å². The third-order valence-electron chi connectivity index (χ3n) is 3.58. The molecule has 1 aromatic carbocycles. The Morgan fingerprint density at radius 1 is 1.44 bits per heavy atom. The Bertz CT molecular complexity index is 445. The average molecular weight is 247 g/mol. The van der Waals surface area contributed by atoms with Crippen LogP contribution in [0.15, 0.2) is 24.3 Å². The molecule has 1 aliphatic heterocycles. The third kappa shape index (κ3) is 2.80. The maximum absolute atomic E-state index is 13.1. The summed E-state index contributed by atoms with van der Waals surface area (Å²) in [5.74, 6) is -0.279. The monoisotopic (exact) mass is 247 g/mol. The van der Waals surface area contributed by atoms with E-state index in [9.17, 15) is 9.65 Å². The van der Waals surface area contributed by atoms with Crippen LogP contribution in [0.25, 0.3) is 0 Å². The fraction of sp³-hybridized carbons (Fsp3) is 0.500. The first-order valence-corrected chi connectivity index (χ1v) is 6.35. The van der Waals surface area contributed by atoms with Gasteiger partial charge in [-0.05, 0) is 37.6 Å². The highest BCUT2D eigenvalue weighted by atomic mass is 19.1. The van der Waals surface area contributed by atoms with Crippen molar-refractivity contribution >= 4 is 5.69 Å². The fourth-order valence-corrected chi connectivity index (χ4v) is 2.36. The van der Waals surface area contributed by atoms with Gasteiger partial charge in [-0.3, -0.25) is 0 Å². The average Bonchev–Trinajstić information content (AvgIpc) is 2.39. The molecule has 1 fully saturated rings. The summed E-state index contributed by atoms with van der Waals surface area (Å²) in [5.41, 5.74) is 0.126. The smallest absolute Gasteiger partial charge is 0.127 e. The lowest BCUT2D eigenvalue weighted by Crippen LogP contribution is -2.48. The van der Waals surface area contributed by atoms with Crippen molar-refractivity contribution in [3.63, 3.8) is 0 Å². The highest BCUT2D eigenvalue weighted by molar-refractivity contribution is 5.48. The van der Waals surface area contributed by atoms with Crippen LogP contribution < -0.4 is 5.32 Å². The molecule has 1 aliphatic rings. The van der Waals surface area contributed by atoms with Crippen molar-refractivity contribution in [2.45, 2.75) is 25.3 Å². The zero-order valence-electron chi connectivity index (χ0n) is 10.6. The molecule has 0 aliphatic carbocycles. The van der Waals surface area contributed by atoms with Crippen molar-refractivity contribution in [1.29, 1.82) is 5.26 Å².